The number of rotatable bonds is 4. The molecule has 0 unspecified atom stereocenters. The lowest BCUT2D eigenvalue weighted by Crippen LogP contribution is -2.36. The van der Waals surface area contributed by atoms with Gasteiger partial charge in [0.25, 0.3) is 0 Å². The Hall–Kier alpha value is -2.58. The van der Waals surface area contributed by atoms with Gasteiger partial charge in [-0.25, -0.2) is 4.39 Å². The van der Waals surface area contributed by atoms with E-state index in [0.717, 1.165) is 59.7 Å². The predicted octanol–water partition coefficient (Wildman–Crippen LogP) is 4.00. The van der Waals surface area contributed by atoms with Crippen LogP contribution in [0.2, 0.25) is 0 Å². The summed E-state index contributed by atoms with van der Waals surface area (Å²) in [5.41, 5.74) is 2.58. The highest BCUT2D eigenvalue weighted by Gasteiger charge is 2.28. The van der Waals surface area contributed by atoms with E-state index in [2.05, 4.69) is 10.1 Å². The Labute approximate surface area is 183 Å². The van der Waals surface area contributed by atoms with Crippen LogP contribution in [0.25, 0.3) is 11.0 Å². The predicted molar refractivity (Wildman–Crippen MR) is 116 cm³/mol. The fourth-order valence-electron chi connectivity index (χ4n) is 4.60. The number of ketones is 1. The summed E-state index contributed by atoms with van der Waals surface area (Å²) >= 11 is 1.53. The molecule has 0 saturated carbocycles. The number of fused-ring (bicyclic) bond motifs is 2. The van der Waals surface area contributed by atoms with E-state index >= 15 is 0 Å². The number of benzene rings is 1. The van der Waals surface area contributed by atoms with Crippen molar-refractivity contribution in [3.63, 3.8) is 0 Å². The molecule has 5 rings (SSSR count). The molecule has 8 heteroatoms. The first-order valence-corrected chi connectivity index (χ1v) is 11.5. The third-order valence-electron chi connectivity index (χ3n) is 6.41. The summed E-state index contributed by atoms with van der Waals surface area (Å²) in [5.74, 6) is 0.159. The Morgan fingerprint density at radius 2 is 2.03 bits per heavy atom. The monoisotopic (exact) mass is 441 g/mol. The van der Waals surface area contributed by atoms with Crippen LogP contribution in [-0.4, -0.2) is 52.8 Å². The van der Waals surface area contributed by atoms with Crippen LogP contribution in [0, 0.1) is 5.82 Å². The standard InChI is InChI=1S/C23H24FN3O3S/c1-14(28)27-9-6-16-10-21(31-22(16)13-27)19(29)12-26-7-4-15(5-8-26)23-18-3-2-17(24)11-20(18)30-25-23/h2-3,10-11,15H,4-9,12-13H2,1H3. The van der Waals surface area contributed by atoms with E-state index in [-0.39, 0.29) is 23.4 Å². The summed E-state index contributed by atoms with van der Waals surface area (Å²) in [6.07, 6.45) is 2.60. The number of piperidine rings is 1. The highest BCUT2D eigenvalue weighted by Crippen LogP contribution is 2.33. The molecule has 1 amide bonds. The summed E-state index contributed by atoms with van der Waals surface area (Å²) in [7, 11) is 0. The van der Waals surface area contributed by atoms with Gasteiger partial charge < -0.3 is 9.42 Å². The maximum absolute atomic E-state index is 13.4. The Morgan fingerprint density at radius 3 is 2.81 bits per heavy atom. The molecule has 1 saturated heterocycles. The van der Waals surface area contributed by atoms with E-state index in [1.165, 1.54) is 29.0 Å². The van der Waals surface area contributed by atoms with E-state index < -0.39 is 0 Å². The minimum Gasteiger partial charge on any atom is -0.356 e. The van der Waals surface area contributed by atoms with Crippen LogP contribution in [0.15, 0.2) is 28.8 Å². The minimum atomic E-state index is -0.326. The Bertz CT molecular complexity index is 1150. The maximum atomic E-state index is 13.4. The fraction of sp³-hybridized carbons (Fsp3) is 0.435. The van der Waals surface area contributed by atoms with Crippen LogP contribution < -0.4 is 0 Å². The molecule has 0 radical (unpaired) electrons. The lowest BCUT2D eigenvalue weighted by molar-refractivity contribution is -0.129. The van der Waals surface area contributed by atoms with Gasteiger partial charge in [-0.2, -0.15) is 0 Å². The van der Waals surface area contributed by atoms with Crippen LogP contribution in [0.1, 0.15) is 51.5 Å². The van der Waals surface area contributed by atoms with Gasteiger partial charge in [0.1, 0.15) is 5.82 Å². The molecule has 0 spiro atoms. The zero-order chi connectivity index (χ0) is 21.5. The van der Waals surface area contributed by atoms with Crippen molar-refractivity contribution in [3.05, 3.63) is 51.1 Å². The Balaban J connectivity index is 1.20. The number of thiophene rings is 1. The zero-order valence-electron chi connectivity index (χ0n) is 17.4. The second kappa shape index (κ2) is 8.16. The average molecular weight is 442 g/mol. The van der Waals surface area contributed by atoms with Crippen molar-refractivity contribution in [1.29, 1.82) is 0 Å². The van der Waals surface area contributed by atoms with Gasteiger partial charge in [-0.1, -0.05) is 5.16 Å². The van der Waals surface area contributed by atoms with Crippen molar-refractivity contribution >= 4 is 34.0 Å². The molecule has 0 atom stereocenters. The molecule has 0 aliphatic carbocycles. The smallest absolute Gasteiger partial charge is 0.219 e. The summed E-state index contributed by atoms with van der Waals surface area (Å²) in [6, 6.07) is 6.56. The molecule has 3 aromatic rings. The van der Waals surface area contributed by atoms with Crippen molar-refractivity contribution in [2.24, 2.45) is 0 Å². The molecule has 31 heavy (non-hydrogen) atoms. The van der Waals surface area contributed by atoms with Gasteiger partial charge in [-0.15, -0.1) is 11.3 Å². The summed E-state index contributed by atoms with van der Waals surface area (Å²) in [6.45, 7) is 4.97. The van der Waals surface area contributed by atoms with Crippen LogP contribution >= 0.6 is 11.3 Å². The maximum Gasteiger partial charge on any atom is 0.219 e. The molecule has 2 aliphatic rings. The van der Waals surface area contributed by atoms with Crippen molar-refractivity contribution in [2.45, 2.75) is 38.6 Å². The van der Waals surface area contributed by atoms with Crippen molar-refractivity contribution in [3.8, 4) is 0 Å². The van der Waals surface area contributed by atoms with Crippen LogP contribution in [0.4, 0.5) is 4.39 Å². The average Bonchev–Trinajstić information content (AvgIpc) is 3.37. The molecule has 0 N–H and O–H groups in total. The SMILES string of the molecule is CC(=O)N1CCc2cc(C(=O)CN3CCC(c4noc5cc(F)ccc45)CC3)sc2C1. The minimum absolute atomic E-state index is 0.0832. The third-order valence-corrected chi connectivity index (χ3v) is 7.61. The molecule has 6 nitrogen and oxygen atoms in total. The molecular weight excluding hydrogens is 417 g/mol. The van der Waals surface area contributed by atoms with Crippen molar-refractivity contribution in [1.82, 2.24) is 15.0 Å². The van der Waals surface area contributed by atoms with E-state index in [0.29, 0.717) is 18.7 Å². The van der Waals surface area contributed by atoms with E-state index in [1.54, 1.807) is 13.0 Å². The quantitative estimate of drug-likeness (QED) is 0.573. The molecule has 0 bridgehead atoms. The molecular formula is C23H24FN3O3S. The topological polar surface area (TPSA) is 66.7 Å². The summed E-state index contributed by atoms with van der Waals surface area (Å²) < 4.78 is 18.7. The first-order chi connectivity index (χ1) is 15.0. The van der Waals surface area contributed by atoms with Crippen molar-refractivity contribution < 1.29 is 18.5 Å². The van der Waals surface area contributed by atoms with E-state index in [1.807, 2.05) is 11.0 Å². The lowest BCUT2D eigenvalue weighted by atomic mass is 9.91. The number of carbonyl (C=O) groups excluding carboxylic acids is 2. The second-order valence-corrected chi connectivity index (χ2v) is 9.57. The summed E-state index contributed by atoms with van der Waals surface area (Å²) in [5, 5.41) is 5.07. The van der Waals surface area contributed by atoms with Gasteiger partial charge in [0.05, 0.1) is 23.7 Å². The van der Waals surface area contributed by atoms with Crippen LogP contribution in [0.3, 0.4) is 0 Å². The lowest BCUT2D eigenvalue weighted by Gasteiger charge is -2.30. The highest BCUT2D eigenvalue weighted by molar-refractivity contribution is 7.14. The number of amides is 1. The number of Topliss-reactive ketones (excluding diaryl/α,β-unsaturated/α-hetero) is 1. The first kappa shape index (κ1) is 20.3. The number of carbonyl (C=O) groups is 2. The van der Waals surface area contributed by atoms with Crippen LogP contribution in [0.5, 0.6) is 0 Å². The number of halogens is 1. The molecule has 1 aromatic carbocycles. The summed E-state index contributed by atoms with van der Waals surface area (Å²) in [4.78, 5) is 30.5. The molecule has 162 valence electrons. The van der Waals surface area contributed by atoms with E-state index in [9.17, 15) is 14.0 Å². The first-order valence-electron chi connectivity index (χ1n) is 10.7. The van der Waals surface area contributed by atoms with Gasteiger partial charge in [-0.3, -0.25) is 14.5 Å². The number of aromatic nitrogens is 1. The van der Waals surface area contributed by atoms with Gasteiger partial charge in [0, 0.05) is 35.7 Å². The normalized spacial score (nSPS) is 17.8. The number of hydrogen-bond acceptors (Lipinski definition) is 6. The van der Waals surface area contributed by atoms with Gasteiger partial charge in [0.2, 0.25) is 5.91 Å². The molecule has 2 aliphatic heterocycles. The fourth-order valence-corrected chi connectivity index (χ4v) is 5.75. The highest BCUT2D eigenvalue weighted by atomic mass is 32.1. The molecule has 4 heterocycles. The Kier molecular flexibility index (Phi) is 5.35. The van der Waals surface area contributed by atoms with Gasteiger partial charge in [-0.05, 0) is 56.1 Å². The number of likely N-dealkylation sites (tertiary alicyclic amines) is 1. The Morgan fingerprint density at radius 1 is 1.23 bits per heavy atom. The third kappa shape index (κ3) is 4.02. The number of nitrogens with zero attached hydrogens (tertiary/aromatic N) is 3. The van der Waals surface area contributed by atoms with Gasteiger partial charge >= 0.3 is 0 Å². The molecule has 2 aromatic heterocycles. The zero-order valence-corrected chi connectivity index (χ0v) is 18.2. The van der Waals surface area contributed by atoms with E-state index in [4.69, 9.17) is 4.52 Å². The largest absolute Gasteiger partial charge is 0.356 e. The van der Waals surface area contributed by atoms with Crippen molar-refractivity contribution in [2.75, 3.05) is 26.2 Å². The molecule has 1 fully saturated rings. The number of hydrogen-bond donors (Lipinski definition) is 0. The second-order valence-electron chi connectivity index (χ2n) is 8.43. The van der Waals surface area contributed by atoms with Crippen LogP contribution in [-0.2, 0) is 17.8 Å². The van der Waals surface area contributed by atoms with Gasteiger partial charge in [0.15, 0.2) is 11.4 Å².